The maximum atomic E-state index is 12.9. The predicted octanol–water partition coefficient (Wildman–Crippen LogP) is 4.64. The number of ether oxygens (including phenoxy) is 1. The van der Waals surface area contributed by atoms with Gasteiger partial charge in [-0.15, -0.1) is 11.8 Å². The fraction of sp³-hybridized carbons (Fsp3) is 0.103. The minimum atomic E-state index is -0.695. The van der Waals surface area contributed by atoms with Gasteiger partial charge in [-0.1, -0.05) is 36.4 Å². The lowest BCUT2D eigenvalue weighted by Crippen LogP contribution is -2.31. The number of carbonyl (C=O) groups excluding carboxylic acids is 4. The fourth-order valence-corrected chi connectivity index (χ4v) is 5.27. The largest absolute Gasteiger partial charge is 0.452 e. The maximum Gasteiger partial charge on any atom is 0.338 e. The van der Waals surface area contributed by atoms with E-state index in [-0.39, 0.29) is 23.8 Å². The summed E-state index contributed by atoms with van der Waals surface area (Å²) >= 11 is 1.29. The zero-order chi connectivity index (χ0) is 26.6. The van der Waals surface area contributed by atoms with E-state index >= 15 is 0 Å². The Labute approximate surface area is 222 Å². The topological polar surface area (TPSA) is 119 Å². The maximum absolute atomic E-state index is 12.9. The summed E-state index contributed by atoms with van der Waals surface area (Å²) in [5.41, 5.74) is 7.54. The molecule has 4 aromatic carbocycles. The minimum Gasteiger partial charge on any atom is -0.452 e. The number of fused-ring (bicyclic) bond motifs is 1. The first-order valence-electron chi connectivity index (χ1n) is 11.8. The van der Waals surface area contributed by atoms with Crippen LogP contribution in [0.25, 0.3) is 10.8 Å². The van der Waals surface area contributed by atoms with E-state index in [1.807, 2.05) is 42.5 Å². The van der Waals surface area contributed by atoms with Gasteiger partial charge in [-0.3, -0.25) is 14.4 Å². The number of rotatable bonds is 7. The Kier molecular flexibility index (Phi) is 7.10. The summed E-state index contributed by atoms with van der Waals surface area (Å²) < 4.78 is 5.14. The van der Waals surface area contributed by atoms with Crippen LogP contribution in [0.3, 0.4) is 0 Å². The summed E-state index contributed by atoms with van der Waals surface area (Å²) in [7, 11) is 0. The van der Waals surface area contributed by atoms with E-state index in [4.69, 9.17) is 10.5 Å². The standard InChI is InChI=1S/C29H23N3O5S/c30-21-6-3-7-24(15-21)38-25-16-27(34)32(28(25)35)23-12-9-19(10-13-23)29(36)37-17-26(33)31-22-11-8-18-4-1-2-5-20(18)14-22/h1-15,25H,16-17,30H2,(H,31,33). The van der Waals surface area contributed by atoms with Crippen LogP contribution in [-0.4, -0.2) is 35.5 Å². The molecule has 9 heteroatoms. The SMILES string of the molecule is Nc1cccc(SC2CC(=O)N(c3ccc(C(=O)OCC(=O)Nc4ccc5ccccc5c4)cc3)C2=O)c1. The van der Waals surface area contributed by atoms with Crippen molar-refractivity contribution in [2.24, 2.45) is 0 Å². The van der Waals surface area contributed by atoms with E-state index in [1.165, 1.54) is 36.0 Å². The molecule has 4 aromatic rings. The molecule has 0 bridgehead atoms. The molecule has 1 aliphatic heterocycles. The highest BCUT2D eigenvalue weighted by Gasteiger charge is 2.40. The first-order chi connectivity index (χ1) is 18.4. The normalized spacial score (nSPS) is 15.1. The van der Waals surface area contributed by atoms with Crippen molar-refractivity contribution >= 4 is 63.3 Å². The first-order valence-corrected chi connectivity index (χ1v) is 12.7. The van der Waals surface area contributed by atoms with E-state index in [9.17, 15) is 19.2 Å². The quantitative estimate of drug-likeness (QED) is 0.205. The third-order valence-electron chi connectivity index (χ3n) is 5.97. The van der Waals surface area contributed by atoms with E-state index < -0.39 is 23.7 Å². The second kappa shape index (κ2) is 10.8. The monoisotopic (exact) mass is 525 g/mol. The molecule has 1 fully saturated rings. The lowest BCUT2D eigenvalue weighted by Gasteiger charge is -2.15. The highest BCUT2D eigenvalue weighted by atomic mass is 32.2. The van der Waals surface area contributed by atoms with Crippen molar-refractivity contribution in [3.05, 3.63) is 96.6 Å². The number of hydrogen-bond donors (Lipinski definition) is 2. The zero-order valence-electron chi connectivity index (χ0n) is 20.1. The lowest BCUT2D eigenvalue weighted by atomic mass is 10.1. The molecule has 1 aliphatic rings. The van der Waals surface area contributed by atoms with E-state index in [2.05, 4.69) is 5.32 Å². The number of hydrogen-bond acceptors (Lipinski definition) is 7. The number of carbonyl (C=O) groups is 4. The Morgan fingerprint density at radius 2 is 1.68 bits per heavy atom. The molecule has 38 heavy (non-hydrogen) atoms. The molecule has 190 valence electrons. The molecule has 1 heterocycles. The number of nitrogens with two attached hydrogens (primary N) is 1. The lowest BCUT2D eigenvalue weighted by molar-refractivity contribution is -0.121. The van der Waals surface area contributed by atoms with Crippen molar-refractivity contribution in [2.45, 2.75) is 16.6 Å². The average Bonchev–Trinajstić information content (AvgIpc) is 3.19. The summed E-state index contributed by atoms with van der Waals surface area (Å²) in [6, 6.07) is 26.3. The molecular weight excluding hydrogens is 502 g/mol. The van der Waals surface area contributed by atoms with Crippen molar-refractivity contribution in [2.75, 3.05) is 22.6 Å². The number of esters is 1. The Balaban J connectivity index is 1.17. The average molecular weight is 526 g/mol. The molecule has 5 rings (SSSR count). The van der Waals surface area contributed by atoms with Gasteiger partial charge in [0.2, 0.25) is 11.8 Å². The molecule has 8 nitrogen and oxygen atoms in total. The molecule has 3 amide bonds. The van der Waals surface area contributed by atoms with Crippen LogP contribution in [0.15, 0.2) is 95.9 Å². The number of thioether (sulfide) groups is 1. The molecule has 3 N–H and O–H groups in total. The van der Waals surface area contributed by atoms with Gasteiger partial charge < -0.3 is 15.8 Å². The molecule has 0 saturated carbocycles. The van der Waals surface area contributed by atoms with E-state index in [0.717, 1.165) is 20.6 Å². The van der Waals surface area contributed by atoms with Crippen LogP contribution in [0.4, 0.5) is 17.1 Å². The summed E-state index contributed by atoms with van der Waals surface area (Å²) in [6.07, 6.45) is 0.0639. The van der Waals surface area contributed by atoms with Gasteiger partial charge in [0.15, 0.2) is 6.61 Å². The van der Waals surface area contributed by atoms with Gasteiger partial charge in [0.25, 0.3) is 5.91 Å². The number of nitrogens with one attached hydrogen (secondary N) is 1. The van der Waals surface area contributed by atoms with Crippen LogP contribution in [-0.2, 0) is 19.1 Å². The number of nitrogens with zero attached hydrogens (tertiary/aromatic N) is 1. The van der Waals surface area contributed by atoms with Gasteiger partial charge in [-0.05, 0) is 65.4 Å². The van der Waals surface area contributed by atoms with E-state index in [0.29, 0.717) is 17.1 Å². The summed E-state index contributed by atoms with van der Waals surface area (Å²) in [6.45, 7) is -0.459. The molecule has 0 radical (unpaired) electrons. The van der Waals surface area contributed by atoms with Crippen molar-refractivity contribution < 1.29 is 23.9 Å². The second-order valence-electron chi connectivity index (χ2n) is 8.68. The van der Waals surface area contributed by atoms with Crippen molar-refractivity contribution in [3.63, 3.8) is 0 Å². The molecule has 0 aromatic heterocycles. The smallest absolute Gasteiger partial charge is 0.338 e. The second-order valence-corrected chi connectivity index (χ2v) is 9.96. The number of nitrogen functional groups attached to an aromatic ring is 1. The van der Waals surface area contributed by atoms with Crippen molar-refractivity contribution in [3.8, 4) is 0 Å². The number of anilines is 3. The molecule has 1 saturated heterocycles. The highest BCUT2D eigenvalue weighted by Crippen LogP contribution is 2.34. The molecule has 1 atom stereocenters. The van der Waals surface area contributed by atoms with Crippen LogP contribution in [0.1, 0.15) is 16.8 Å². The highest BCUT2D eigenvalue weighted by molar-refractivity contribution is 8.00. The van der Waals surface area contributed by atoms with Gasteiger partial charge in [0.05, 0.1) is 16.5 Å². The van der Waals surface area contributed by atoms with E-state index in [1.54, 1.807) is 24.3 Å². The van der Waals surface area contributed by atoms with Gasteiger partial charge >= 0.3 is 5.97 Å². The number of benzene rings is 4. The Morgan fingerprint density at radius 1 is 0.921 bits per heavy atom. The minimum absolute atomic E-state index is 0.0639. The summed E-state index contributed by atoms with van der Waals surface area (Å²) in [5, 5.41) is 4.18. The third-order valence-corrected chi connectivity index (χ3v) is 7.15. The molecule has 0 aliphatic carbocycles. The van der Waals surface area contributed by atoms with Crippen LogP contribution in [0.2, 0.25) is 0 Å². The Morgan fingerprint density at radius 3 is 2.45 bits per heavy atom. The zero-order valence-corrected chi connectivity index (χ0v) is 20.9. The predicted molar refractivity (Wildman–Crippen MR) is 147 cm³/mol. The van der Waals surface area contributed by atoms with Gasteiger partial charge in [-0.25, -0.2) is 9.69 Å². The molecular formula is C29H23N3O5S. The Hall–Kier alpha value is -4.63. The van der Waals surface area contributed by atoms with Crippen LogP contribution >= 0.6 is 11.8 Å². The van der Waals surface area contributed by atoms with Crippen LogP contribution < -0.4 is 16.0 Å². The fourth-order valence-electron chi connectivity index (χ4n) is 4.14. The Bertz CT molecular complexity index is 1550. The number of imide groups is 1. The van der Waals surface area contributed by atoms with Crippen LogP contribution in [0, 0.1) is 0 Å². The first kappa shape index (κ1) is 25.0. The molecule has 0 spiro atoms. The van der Waals surface area contributed by atoms with Gasteiger partial charge in [-0.2, -0.15) is 0 Å². The van der Waals surface area contributed by atoms with Crippen LogP contribution in [0.5, 0.6) is 0 Å². The van der Waals surface area contributed by atoms with Gasteiger partial charge in [0.1, 0.15) is 0 Å². The summed E-state index contributed by atoms with van der Waals surface area (Å²) in [5.74, 6) is -1.82. The number of amides is 3. The van der Waals surface area contributed by atoms with Crippen molar-refractivity contribution in [1.82, 2.24) is 0 Å². The molecule has 1 unspecified atom stereocenters. The van der Waals surface area contributed by atoms with Crippen molar-refractivity contribution in [1.29, 1.82) is 0 Å². The van der Waals surface area contributed by atoms with Gasteiger partial charge in [0, 0.05) is 22.7 Å². The summed E-state index contributed by atoms with van der Waals surface area (Å²) in [4.78, 5) is 52.2. The third kappa shape index (κ3) is 5.52.